The van der Waals surface area contributed by atoms with Gasteiger partial charge in [0, 0.05) is 29.3 Å². The summed E-state index contributed by atoms with van der Waals surface area (Å²) in [7, 11) is 0. The molecular formula is C17H22BrN3O4. The van der Waals surface area contributed by atoms with Crippen molar-refractivity contribution in [3.05, 3.63) is 28.2 Å². The van der Waals surface area contributed by atoms with Crippen LogP contribution in [0.15, 0.2) is 22.7 Å². The predicted octanol–water partition coefficient (Wildman–Crippen LogP) is 2.43. The van der Waals surface area contributed by atoms with Gasteiger partial charge in [0.25, 0.3) is 0 Å². The fourth-order valence-electron chi connectivity index (χ4n) is 2.58. The second kappa shape index (κ2) is 8.84. The van der Waals surface area contributed by atoms with E-state index in [9.17, 15) is 14.4 Å². The van der Waals surface area contributed by atoms with Gasteiger partial charge in [-0.15, -0.1) is 0 Å². The topological polar surface area (TPSA) is 87.7 Å². The Hall–Kier alpha value is -2.09. The lowest BCUT2D eigenvalue weighted by Crippen LogP contribution is -2.49. The molecule has 0 spiro atoms. The fourth-order valence-corrected chi connectivity index (χ4v) is 2.83. The molecule has 1 aliphatic rings. The first kappa shape index (κ1) is 19.2. The van der Waals surface area contributed by atoms with Crippen molar-refractivity contribution < 1.29 is 19.1 Å². The summed E-state index contributed by atoms with van der Waals surface area (Å²) in [5.41, 5.74) is 1.53. The number of amides is 3. The predicted molar refractivity (Wildman–Crippen MR) is 97.3 cm³/mol. The minimum absolute atomic E-state index is 0.129. The Morgan fingerprint density at radius 3 is 2.52 bits per heavy atom. The molecule has 0 unspecified atom stereocenters. The van der Waals surface area contributed by atoms with Gasteiger partial charge in [-0.3, -0.25) is 9.59 Å². The number of rotatable bonds is 3. The average molecular weight is 412 g/mol. The Morgan fingerprint density at radius 1 is 1.24 bits per heavy atom. The summed E-state index contributed by atoms with van der Waals surface area (Å²) < 4.78 is 5.89. The molecule has 0 bridgehead atoms. The van der Waals surface area contributed by atoms with Crippen molar-refractivity contribution in [2.24, 2.45) is 0 Å². The standard InChI is InChI=1S/C17H22BrN3O4/c1-3-25-17(24)21-8-6-12(7-9-21)19-15(22)16(23)20-13-4-5-14(18)11(2)10-13/h4-5,10,12H,3,6-9H2,1-2H3,(H,19,22)(H,20,23). The molecule has 1 aromatic carbocycles. The minimum Gasteiger partial charge on any atom is -0.450 e. The van der Waals surface area contributed by atoms with Crippen LogP contribution in [0, 0.1) is 6.92 Å². The highest BCUT2D eigenvalue weighted by atomic mass is 79.9. The van der Waals surface area contributed by atoms with E-state index in [1.165, 1.54) is 0 Å². The summed E-state index contributed by atoms with van der Waals surface area (Å²) in [5.74, 6) is -1.37. The zero-order chi connectivity index (χ0) is 18.4. The summed E-state index contributed by atoms with van der Waals surface area (Å²) in [5, 5.41) is 5.30. The quantitative estimate of drug-likeness (QED) is 0.747. The first-order chi connectivity index (χ1) is 11.9. The van der Waals surface area contributed by atoms with Crippen molar-refractivity contribution >= 4 is 39.5 Å². The maximum atomic E-state index is 12.0. The number of ether oxygens (including phenoxy) is 1. The molecule has 1 aromatic rings. The molecule has 7 nitrogen and oxygen atoms in total. The smallest absolute Gasteiger partial charge is 0.409 e. The second-order valence-corrected chi connectivity index (χ2v) is 6.71. The first-order valence-electron chi connectivity index (χ1n) is 8.20. The zero-order valence-corrected chi connectivity index (χ0v) is 15.9. The number of nitrogens with one attached hydrogen (secondary N) is 2. The molecule has 1 aliphatic heterocycles. The van der Waals surface area contributed by atoms with Gasteiger partial charge in [0.15, 0.2) is 0 Å². The number of anilines is 1. The normalized spacial score (nSPS) is 14.8. The molecule has 25 heavy (non-hydrogen) atoms. The number of carbonyl (C=O) groups excluding carboxylic acids is 3. The van der Waals surface area contributed by atoms with Gasteiger partial charge >= 0.3 is 17.9 Å². The number of piperidine rings is 1. The molecule has 0 saturated carbocycles. The van der Waals surface area contributed by atoms with Gasteiger partial charge in [-0.1, -0.05) is 15.9 Å². The molecule has 3 amide bonds. The van der Waals surface area contributed by atoms with E-state index in [-0.39, 0.29) is 12.1 Å². The summed E-state index contributed by atoms with van der Waals surface area (Å²) in [6.07, 6.45) is 0.848. The number of hydrogen-bond donors (Lipinski definition) is 2. The summed E-state index contributed by atoms with van der Waals surface area (Å²) >= 11 is 3.39. The SMILES string of the molecule is CCOC(=O)N1CCC(NC(=O)C(=O)Nc2ccc(Br)c(C)c2)CC1. The molecular weight excluding hydrogens is 390 g/mol. The maximum Gasteiger partial charge on any atom is 0.409 e. The lowest BCUT2D eigenvalue weighted by Gasteiger charge is -2.31. The van der Waals surface area contributed by atoms with Gasteiger partial charge in [-0.05, 0) is 50.5 Å². The van der Waals surface area contributed by atoms with Crippen molar-refractivity contribution in [1.82, 2.24) is 10.2 Å². The van der Waals surface area contributed by atoms with E-state index in [1.807, 2.05) is 13.0 Å². The average Bonchev–Trinajstić information content (AvgIpc) is 2.59. The van der Waals surface area contributed by atoms with Crippen molar-refractivity contribution in [3.63, 3.8) is 0 Å². The maximum absolute atomic E-state index is 12.0. The molecule has 1 fully saturated rings. The highest BCUT2D eigenvalue weighted by Gasteiger charge is 2.26. The van der Waals surface area contributed by atoms with Crippen LogP contribution in [0.3, 0.4) is 0 Å². The number of carbonyl (C=O) groups is 3. The number of benzene rings is 1. The second-order valence-electron chi connectivity index (χ2n) is 5.85. The Morgan fingerprint density at radius 2 is 1.92 bits per heavy atom. The monoisotopic (exact) mass is 411 g/mol. The van der Waals surface area contributed by atoms with E-state index >= 15 is 0 Å². The van der Waals surface area contributed by atoms with Crippen LogP contribution < -0.4 is 10.6 Å². The molecule has 8 heteroatoms. The zero-order valence-electron chi connectivity index (χ0n) is 14.3. The largest absolute Gasteiger partial charge is 0.450 e. The van der Waals surface area contributed by atoms with E-state index < -0.39 is 11.8 Å². The molecule has 1 saturated heterocycles. The molecule has 0 aliphatic carbocycles. The fraction of sp³-hybridized carbons (Fsp3) is 0.471. The van der Waals surface area contributed by atoms with Crippen molar-refractivity contribution in [2.45, 2.75) is 32.7 Å². The Bertz CT molecular complexity index is 657. The lowest BCUT2D eigenvalue weighted by molar-refractivity contribution is -0.136. The van der Waals surface area contributed by atoms with Gasteiger partial charge in [-0.2, -0.15) is 0 Å². The molecule has 1 heterocycles. The molecule has 0 atom stereocenters. The third-order valence-electron chi connectivity index (χ3n) is 3.98. The summed E-state index contributed by atoms with van der Waals surface area (Å²) in [6, 6.07) is 5.19. The van der Waals surface area contributed by atoms with Gasteiger partial charge in [0.2, 0.25) is 0 Å². The highest BCUT2D eigenvalue weighted by Crippen LogP contribution is 2.20. The van der Waals surface area contributed by atoms with E-state index in [2.05, 4.69) is 26.6 Å². The summed E-state index contributed by atoms with van der Waals surface area (Å²) in [4.78, 5) is 37.3. The van der Waals surface area contributed by atoms with Gasteiger partial charge in [-0.25, -0.2) is 4.79 Å². The van der Waals surface area contributed by atoms with Crippen molar-refractivity contribution in [2.75, 3.05) is 25.0 Å². The molecule has 0 aromatic heterocycles. The van der Waals surface area contributed by atoms with Crippen molar-refractivity contribution in [1.29, 1.82) is 0 Å². The van der Waals surface area contributed by atoms with E-state index in [0.717, 1.165) is 10.0 Å². The van der Waals surface area contributed by atoms with E-state index in [0.29, 0.717) is 38.2 Å². The third kappa shape index (κ3) is 5.45. The number of nitrogens with zero attached hydrogens (tertiary/aromatic N) is 1. The van der Waals surface area contributed by atoms with Crippen LogP contribution in [-0.2, 0) is 14.3 Å². The van der Waals surface area contributed by atoms with Gasteiger partial charge in [0.1, 0.15) is 0 Å². The molecule has 2 rings (SSSR count). The number of likely N-dealkylation sites (tertiary alicyclic amines) is 1. The van der Waals surface area contributed by atoms with E-state index in [1.54, 1.807) is 24.0 Å². The Balaban J connectivity index is 1.81. The van der Waals surface area contributed by atoms with E-state index in [4.69, 9.17) is 4.74 Å². The molecule has 136 valence electrons. The highest BCUT2D eigenvalue weighted by molar-refractivity contribution is 9.10. The van der Waals surface area contributed by atoms with Crippen LogP contribution in [0.1, 0.15) is 25.3 Å². The van der Waals surface area contributed by atoms with Crippen LogP contribution in [0.5, 0.6) is 0 Å². The molecule has 0 radical (unpaired) electrons. The minimum atomic E-state index is -0.699. The third-order valence-corrected chi connectivity index (χ3v) is 4.87. The van der Waals surface area contributed by atoms with Crippen molar-refractivity contribution in [3.8, 4) is 0 Å². The number of hydrogen-bond acceptors (Lipinski definition) is 4. The summed E-state index contributed by atoms with van der Waals surface area (Å²) in [6.45, 7) is 4.99. The van der Waals surface area contributed by atoms with Crippen LogP contribution in [0.4, 0.5) is 10.5 Å². The number of aryl methyl sites for hydroxylation is 1. The lowest BCUT2D eigenvalue weighted by atomic mass is 10.1. The van der Waals surface area contributed by atoms with Crippen LogP contribution in [-0.4, -0.2) is 48.5 Å². The van der Waals surface area contributed by atoms with Crippen LogP contribution in [0.25, 0.3) is 0 Å². The van der Waals surface area contributed by atoms with Crippen LogP contribution in [0.2, 0.25) is 0 Å². The van der Waals surface area contributed by atoms with Gasteiger partial charge < -0.3 is 20.3 Å². The Labute approximate surface area is 155 Å². The molecule has 2 N–H and O–H groups in total. The Kier molecular flexibility index (Phi) is 6.81. The van der Waals surface area contributed by atoms with Crippen LogP contribution >= 0.6 is 15.9 Å². The van der Waals surface area contributed by atoms with Gasteiger partial charge in [0.05, 0.1) is 6.61 Å². The first-order valence-corrected chi connectivity index (χ1v) is 8.99. The number of halogens is 1.